The molecule has 1 N–H and O–H groups in total. The average molecular weight is 305 g/mol. The molecule has 0 heterocycles. The smallest absolute Gasteiger partial charge is 0.311 e. The highest BCUT2D eigenvalue weighted by atomic mass is 19.4. The fraction of sp³-hybridized carbons (Fsp3) is 1.00. The highest BCUT2D eigenvalue weighted by Crippen LogP contribution is 2.38. The zero-order valence-electron chi connectivity index (χ0n) is 13.4. The predicted octanol–water partition coefficient (Wildman–Crippen LogP) is 5.30. The van der Waals surface area contributed by atoms with Crippen molar-refractivity contribution >= 4 is 0 Å². The zero-order chi connectivity index (χ0) is 15.5. The van der Waals surface area contributed by atoms with Crippen LogP contribution in [-0.4, -0.2) is 18.3 Å². The van der Waals surface area contributed by atoms with E-state index in [9.17, 15) is 13.2 Å². The molecule has 0 aromatic rings. The summed E-state index contributed by atoms with van der Waals surface area (Å²) in [6, 6.07) is 0.521. The zero-order valence-corrected chi connectivity index (χ0v) is 13.4. The van der Waals surface area contributed by atoms with Crippen LogP contribution in [0.2, 0.25) is 0 Å². The van der Waals surface area contributed by atoms with Gasteiger partial charge in [0.25, 0.3) is 0 Å². The highest BCUT2D eigenvalue weighted by Gasteiger charge is 2.42. The van der Waals surface area contributed by atoms with Crippen molar-refractivity contribution in [3.63, 3.8) is 0 Å². The van der Waals surface area contributed by atoms with Crippen LogP contribution in [0.1, 0.15) is 71.6 Å². The van der Waals surface area contributed by atoms with Crippen LogP contribution in [-0.2, 0) is 0 Å². The van der Waals surface area contributed by atoms with Crippen LogP contribution in [0.5, 0.6) is 0 Å². The first-order valence-corrected chi connectivity index (χ1v) is 8.67. The molecule has 4 atom stereocenters. The lowest BCUT2D eigenvalue weighted by molar-refractivity contribution is -0.184. The average Bonchev–Trinajstić information content (AvgIpc) is 2.37. The third-order valence-electron chi connectivity index (χ3n) is 5.20. The van der Waals surface area contributed by atoms with E-state index in [1.807, 2.05) is 0 Å². The lowest BCUT2D eigenvalue weighted by Crippen LogP contribution is -2.45. The summed E-state index contributed by atoms with van der Waals surface area (Å²) < 4.78 is 38.6. The fourth-order valence-electron chi connectivity index (χ4n) is 4.29. The van der Waals surface area contributed by atoms with Gasteiger partial charge in [-0.1, -0.05) is 33.1 Å². The maximum absolute atomic E-state index is 12.9. The van der Waals surface area contributed by atoms with Gasteiger partial charge in [0, 0.05) is 12.1 Å². The maximum Gasteiger partial charge on any atom is 0.391 e. The Bertz CT molecular complexity index is 314. The second kappa shape index (κ2) is 7.34. The number of hydrogen-bond donors (Lipinski definition) is 1. The van der Waals surface area contributed by atoms with E-state index < -0.39 is 12.1 Å². The minimum atomic E-state index is -4.01. The van der Waals surface area contributed by atoms with Gasteiger partial charge in [-0.2, -0.15) is 13.2 Å². The molecule has 0 bridgehead atoms. The normalized spacial score (nSPS) is 35.1. The van der Waals surface area contributed by atoms with Crippen LogP contribution in [0.25, 0.3) is 0 Å². The van der Waals surface area contributed by atoms with Crippen molar-refractivity contribution in [3.8, 4) is 0 Å². The van der Waals surface area contributed by atoms with E-state index in [0.29, 0.717) is 18.9 Å². The molecule has 2 fully saturated rings. The third-order valence-corrected chi connectivity index (χ3v) is 5.20. The molecule has 0 aromatic heterocycles. The molecule has 4 unspecified atom stereocenters. The minimum Gasteiger partial charge on any atom is -0.311 e. The van der Waals surface area contributed by atoms with Crippen molar-refractivity contribution in [2.75, 3.05) is 0 Å². The summed E-state index contributed by atoms with van der Waals surface area (Å²) in [5, 5.41) is 3.56. The van der Waals surface area contributed by atoms with Gasteiger partial charge >= 0.3 is 6.18 Å². The quantitative estimate of drug-likeness (QED) is 0.743. The molecule has 124 valence electrons. The molecular formula is C17H30F3N. The number of rotatable bonds is 4. The second-order valence-electron chi connectivity index (χ2n) is 7.63. The Kier molecular flexibility index (Phi) is 5.98. The predicted molar refractivity (Wildman–Crippen MR) is 80.1 cm³/mol. The lowest BCUT2D eigenvalue weighted by atomic mass is 9.79. The van der Waals surface area contributed by atoms with Gasteiger partial charge in [0.05, 0.1) is 5.92 Å². The van der Waals surface area contributed by atoms with Gasteiger partial charge in [-0.25, -0.2) is 0 Å². The largest absolute Gasteiger partial charge is 0.391 e. The van der Waals surface area contributed by atoms with Gasteiger partial charge in [-0.05, 0) is 50.4 Å². The van der Waals surface area contributed by atoms with Gasteiger partial charge in [-0.3, -0.25) is 0 Å². The van der Waals surface area contributed by atoms with E-state index in [2.05, 4.69) is 19.2 Å². The third kappa shape index (κ3) is 5.46. The highest BCUT2D eigenvalue weighted by molar-refractivity contribution is 4.86. The number of hydrogen-bond acceptors (Lipinski definition) is 1. The van der Waals surface area contributed by atoms with E-state index >= 15 is 0 Å². The summed E-state index contributed by atoms with van der Waals surface area (Å²) in [5.41, 5.74) is 0. The molecule has 0 amide bonds. The molecule has 0 aromatic carbocycles. The monoisotopic (exact) mass is 305 g/mol. The first-order chi connectivity index (χ1) is 9.84. The Balaban J connectivity index is 1.80. The number of alkyl halides is 3. The van der Waals surface area contributed by atoms with E-state index in [1.165, 1.54) is 19.3 Å². The van der Waals surface area contributed by atoms with E-state index in [-0.39, 0.29) is 12.5 Å². The van der Waals surface area contributed by atoms with E-state index in [1.54, 1.807) is 0 Å². The Morgan fingerprint density at radius 1 is 0.952 bits per heavy atom. The lowest BCUT2D eigenvalue weighted by Gasteiger charge is -2.37. The standard InChI is InChI=1S/C17H30F3N/c1-12(2)9-13-5-3-7-15(10-13)21-16-8-4-6-14(11-16)17(18,19)20/h12-16,21H,3-11H2,1-2H3. The van der Waals surface area contributed by atoms with Crippen LogP contribution >= 0.6 is 0 Å². The maximum atomic E-state index is 12.9. The molecule has 21 heavy (non-hydrogen) atoms. The van der Waals surface area contributed by atoms with Gasteiger partial charge in [-0.15, -0.1) is 0 Å². The number of nitrogens with one attached hydrogen (secondary N) is 1. The van der Waals surface area contributed by atoms with Gasteiger partial charge < -0.3 is 5.32 Å². The molecule has 1 nitrogen and oxygen atoms in total. The molecule has 2 aliphatic rings. The van der Waals surface area contributed by atoms with Gasteiger partial charge in [0.2, 0.25) is 0 Å². The topological polar surface area (TPSA) is 12.0 Å². The molecule has 2 saturated carbocycles. The summed E-state index contributed by atoms with van der Waals surface area (Å²) >= 11 is 0. The molecule has 0 aliphatic heterocycles. The van der Waals surface area contributed by atoms with Gasteiger partial charge in [0.15, 0.2) is 0 Å². The van der Waals surface area contributed by atoms with Crippen molar-refractivity contribution in [3.05, 3.63) is 0 Å². The fourth-order valence-corrected chi connectivity index (χ4v) is 4.29. The van der Waals surface area contributed by atoms with Crippen molar-refractivity contribution < 1.29 is 13.2 Å². The summed E-state index contributed by atoms with van der Waals surface area (Å²) in [6.45, 7) is 4.51. The molecule has 0 saturated heterocycles. The molecule has 0 radical (unpaired) electrons. The molecule has 2 aliphatic carbocycles. The number of halogens is 3. The van der Waals surface area contributed by atoms with Crippen molar-refractivity contribution in [2.45, 2.75) is 89.9 Å². The minimum absolute atomic E-state index is 0.0770. The van der Waals surface area contributed by atoms with E-state index in [0.717, 1.165) is 31.1 Å². The summed E-state index contributed by atoms with van der Waals surface area (Å²) in [4.78, 5) is 0. The first kappa shape index (κ1) is 17.1. The van der Waals surface area contributed by atoms with Crippen LogP contribution in [0.3, 0.4) is 0 Å². The van der Waals surface area contributed by atoms with Gasteiger partial charge in [0.1, 0.15) is 0 Å². The summed E-state index contributed by atoms with van der Waals surface area (Å²) in [5.74, 6) is 0.398. The van der Waals surface area contributed by atoms with Crippen LogP contribution < -0.4 is 5.32 Å². The van der Waals surface area contributed by atoms with Crippen molar-refractivity contribution in [2.24, 2.45) is 17.8 Å². The molecule has 4 heteroatoms. The second-order valence-corrected chi connectivity index (χ2v) is 7.63. The van der Waals surface area contributed by atoms with Crippen molar-refractivity contribution in [1.29, 1.82) is 0 Å². The van der Waals surface area contributed by atoms with Crippen molar-refractivity contribution in [1.82, 2.24) is 5.32 Å². The Morgan fingerprint density at radius 2 is 1.57 bits per heavy atom. The SMILES string of the molecule is CC(C)CC1CCCC(NC2CCCC(C(F)(F)F)C2)C1. The Labute approximate surface area is 127 Å². The molecule has 2 rings (SSSR count). The Hall–Kier alpha value is -0.250. The van der Waals surface area contributed by atoms with Crippen LogP contribution in [0, 0.1) is 17.8 Å². The molecular weight excluding hydrogens is 275 g/mol. The summed E-state index contributed by atoms with van der Waals surface area (Å²) in [6.07, 6.45) is 4.31. The van der Waals surface area contributed by atoms with Crippen LogP contribution in [0.4, 0.5) is 13.2 Å². The Morgan fingerprint density at radius 3 is 2.19 bits per heavy atom. The summed E-state index contributed by atoms with van der Waals surface area (Å²) in [7, 11) is 0. The van der Waals surface area contributed by atoms with E-state index in [4.69, 9.17) is 0 Å². The molecule has 0 spiro atoms. The van der Waals surface area contributed by atoms with Crippen LogP contribution in [0.15, 0.2) is 0 Å². The first-order valence-electron chi connectivity index (χ1n) is 8.67.